The third kappa shape index (κ3) is 2.09. The quantitative estimate of drug-likeness (QED) is 0.838. The normalized spacial score (nSPS) is 38.5. The average Bonchev–Trinajstić information content (AvgIpc) is 3.17. The Kier molecular flexibility index (Phi) is 3.39. The first-order chi connectivity index (χ1) is 9.38. The number of fused-ring (bicyclic) bond motifs is 2. The van der Waals surface area contributed by atoms with E-state index in [-0.39, 0.29) is 5.91 Å². The Bertz CT molecular complexity index is 402. The van der Waals surface area contributed by atoms with E-state index in [0.717, 1.165) is 12.5 Å². The molecule has 20 heavy (non-hydrogen) atoms. The van der Waals surface area contributed by atoms with Gasteiger partial charge in [0.05, 0.1) is 6.54 Å². The fourth-order valence-corrected chi connectivity index (χ4v) is 4.79. The van der Waals surface area contributed by atoms with Crippen molar-refractivity contribution < 1.29 is 4.79 Å². The molecule has 0 aliphatic heterocycles. The molecule has 3 fully saturated rings. The first-order valence-electron chi connectivity index (χ1n) is 8.42. The van der Waals surface area contributed by atoms with Gasteiger partial charge in [0.1, 0.15) is 0 Å². The highest BCUT2D eigenvalue weighted by Crippen LogP contribution is 2.65. The van der Waals surface area contributed by atoms with Gasteiger partial charge in [-0.15, -0.1) is 0 Å². The molecule has 3 atom stereocenters. The summed E-state index contributed by atoms with van der Waals surface area (Å²) in [5.74, 6) is 1.04. The van der Waals surface area contributed by atoms with Crippen LogP contribution in [0.2, 0.25) is 0 Å². The van der Waals surface area contributed by atoms with Gasteiger partial charge < -0.3 is 5.32 Å². The summed E-state index contributed by atoms with van der Waals surface area (Å²) in [6, 6.07) is 1.07. The van der Waals surface area contributed by atoms with E-state index in [9.17, 15) is 4.79 Å². The minimum absolute atomic E-state index is 0.244. The van der Waals surface area contributed by atoms with Crippen LogP contribution >= 0.6 is 0 Å². The maximum atomic E-state index is 12.4. The fourth-order valence-electron chi connectivity index (χ4n) is 4.79. The number of hydrogen-bond donors (Lipinski definition) is 1. The first-order valence-corrected chi connectivity index (χ1v) is 8.42. The summed E-state index contributed by atoms with van der Waals surface area (Å²) in [7, 11) is 0. The molecule has 1 amide bonds. The van der Waals surface area contributed by atoms with Gasteiger partial charge in [0.2, 0.25) is 5.91 Å². The smallest absolute Gasteiger partial charge is 0.234 e. The van der Waals surface area contributed by atoms with E-state index >= 15 is 0 Å². The molecule has 0 spiro atoms. The van der Waals surface area contributed by atoms with Gasteiger partial charge in [-0.3, -0.25) is 9.69 Å². The molecule has 114 valence electrons. The Labute approximate surface area is 123 Å². The number of carbonyl (C=O) groups excluding carboxylic acids is 1. The highest BCUT2D eigenvalue weighted by Gasteiger charge is 2.61. The maximum absolute atomic E-state index is 12.4. The van der Waals surface area contributed by atoms with Crippen molar-refractivity contribution in [3.63, 3.8) is 0 Å². The van der Waals surface area contributed by atoms with E-state index in [1.54, 1.807) is 0 Å². The van der Waals surface area contributed by atoms with Crippen molar-refractivity contribution in [2.24, 2.45) is 16.7 Å². The molecule has 3 aliphatic rings. The monoisotopic (exact) mass is 278 g/mol. The molecular formula is C17H30N2O. The molecule has 0 aromatic rings. The number of rotatable bonds is 5. The Morgan fingerprint density at radius 2 is 1.95 bits per heavy atom. The van der Waals surface area contributed by atoms with Gasteiger partial charge >= 0.3 is 0 Å². The summed E-state index contributed by atoms with van der Waals surface area (Å²) < 4.78 is 0. The molecule has 3 nitrogen and oxygen atoms in total. The Morgan fingerprint density at radius 3 is 2.40 bits per heavy atom. The van der Waals surface area contributed by atoms with Crippen molar-refractivity contribution in [3.8, 4) is 0 Å². The average molecular weight is 278 g/mol. The summed E-state index contributed by atoms with van der Waals surface area (Å²) in [5.41, 5.74) is 0.676. The Balaban J connectivity index is 1.60. The second kappa shape index (κ2) is 4.72. The maximum Gasteiger partial charge on any atom is 0.234 e. The van der Waals surface area contributed by atoms with Gasteiger partial charge in [-0.2, -0.15) is 0 Å². The minimum Gasteiger partial charge on any atom is -0.352 e. The zero-order chi connectivity index (χ0) is 14.5. The standard InChI is InChI=1S/C17H30N2O/c1-5-19(13-6-7-13)11-15(20)18-14-10-12-8-9-17(14,4)16(12,2)3/h12-14H,5-11H2,1-4H3,(H,18,20). The molecule has 3 aliphatic carbocycles. The molecule has 0 heterocycles. The van der Waals surface area contributed by atoms with Crippen LogP contribution in [0.3, 0.4) is 0 Å². The van der Waals surface area contributed by atoms with Gasteiger partial charge in [0, 0.05) is 12.1 Å². The van der Waals surface area contributed by atoms with Crippen LogP contribution in [0.5, 0.6) is 0 Å². The van der Waals surface area contributed by atoms with E-state index in [0.29, 0.717) is 29.5 Å². The lowest BCUT2D eigenvalue weighted by Gasteiger charge is -2.39. The topological polar surface area (TPSA) is 32.3 Å². The van der Waals surface area contributed by atoms with Crippen LogP contribution in [-0.2, 0) is 4.79 Å². The van der Waals surface area contributed by atoms with Crippen LogP contribution < -0.4 is 5.32 Å². The van der Waals surface area contributed by atoms with Crippen LogP contribution in [0.4, 0.5) is 0 Å². The van der Waals surface area contributed by atoms with Crippen LogP contribution in [0.1, 0.15) is 59.8 Å². The van der Waals surface area contributed by atoms with Gasteiger partial charge in [-0.25, -0.2) is 0 Å². The van der Waals surface area contributed by atoms with Crippen molar-refractivity contribution in [3.05, 3.63) is 0 Å². The van der Waals surface area contributed by atoms with Crippen molar-refractivity contribution in [2.45, 2.75) is 71.9 Å². The van der Waals surface area contributed by atoms with Crippen LogP contribution in [0.15, 0.2) is 0 Å². The Hall–Kier alpha value is -0.570. The largest absolute Gasteiger partial charge is 0.352 e. The lowest BCUT2D eigenvalue weighted by Crippen LogP contribution is -2.49. The number of amides is 1. The number of likely N-dealkylation sites (N-methyl/N-ethyl adjacent to an activating group) is 1. The van der Waals surface area contributed by atoms with Gasteiger partial charge in [-0.05, 0) is 55.4 Å². The van der Waals surface area contributed by atoms with Crippen molar-refractivity contribution in [2.75, 3.05) is 13.1 Å². The SMILES string of the molecule is CCN(CC(=O)NC1CC2CCC1(C)C2(C)C)C1CC1. The number of nitrogens with one attached hydrogen (secondary N) is 1. The van der Waals surface area contributed by atoms with E-state index in [2.05, 4.69) is 37.9 Å². The molecule has 0 aromatic carbocycles. The van der Waals surface area contributed by atoms with Crippen LogP contribution in [0.25, 0.3) is 0 Å². The third-order valence-electron chi connectivity index (χ3n) is 6.95. The second-order valence-electron chi connectivity index (χ2n) is 8.02. The third-order valence-corrected chi connectivity index (χ3v) is 6.95. The lowest BCUT2D eigenvalue weighted by atomic mass is 9.69. The molecule has 2 bridgehead atoms. The van der Waals surface area contributed by atoms with Crippen LogP contribution in [0, 0.1) is 16.7 Å². The molecule has 0 radical (unpaired) electrons. The minimum atomic E-state index is 0.244. The highest BCUT2D eigenvalue weighted by atomic mass is 16.2. The molecule has 3 heteroatoms. The van der Waals surface area contributed by atoms with Crippen molar-refractivity contribution in [1.82, 2.24) is 10.2 Å². The second-order valence-corrected chi connectivity index (χ2v) is 8.02. The molecule has 1 N–H and O–H groups in total. The van der Waals surface area contributed by atoms with E-state index < -0.39 is 0 Å². The Morgan fingerprint density at radius 1 is 1.25 bits per heavy atom. The fraction of sp³-hybridized carbons (Fsp3) is 0.941. The van der Waals surface area contributed by atoms with Crippen molar-refractivity contribution >= 4 is 5.91 Å². The zero-order valence-electron chi connectivity index (χ0n) is 13.5. The molecule has 3 saturated carbocycles. The summed E-state index contributed by atoms with van der Waals surface area (Å²) >= 11 is 0. The highest BCUT2D eigenvalue weighted by molar-refractivity contribution is 5.78. The molecule has 0 aromatic heterocycles. The van der Waals surface area contributed by atoms with Gasteiger partial charge in [0.15, 0.2) is 0 Å². The number of carbonyl (C=O) groups is 1. The van der Waals surface area contributed by atoms with E-state index in [1.807, 2.05) is 0 Å². The van der Waals surface area contributed by atoms with Crippen molar-refractivity contribution in [1.29, 1.82) is 0 Å². The molecule has 3 rings (SSSR count). The van der Waals surface area contributed by atoms with Gasteiger partial charge in [0.25, 0.3) is 0 Å². The van der Waals surface area contributed by atoms with Gasteiger partial charge in [-0.1, -0.05) is 27.7 Å². The molecular weight excluding hydrogens is 248 g/mol. The summed E-state index contributed by atoms with van der Waals surface area (Å²) in [6.45, 7) is 10.9. The predicted molar refractivity (Wildman–Crippen MR) is 81.4 cm³/mol. The van der Waals surface area contributed by atoms with E-state index in [4.69, 9.17) is 0 Å². The zero-order valence-corrected chi connectivity index (χ0v) is 13.5. The summed E-state index contributed by atoms with van der Waals surface area (Å²) in [4.78, 5) is 14.7. The molecule has 3 unspecified atom stereocenters. The number of hydrogen-bond acceptors (Lipinski definition) is 2. The predicted octanol–water partition coefficient (Wildman–Crippen LogP) is 2.80. The van der Waals surface area contributed by atoms with Crippen LogP contribution in [-0.4, -0.2) is 36.0 Å². The first kappa shape index (κ1) is 14.4. The summed E-state index contributed by atoms with van der Waals surface area (Å²) in [5, 5.41) is 3.37. The lowest BCUT2D eigenvalue weighted by molar-refractivity contribution is -0.124. The molecule has 0 saturated heterocycles. The number of nitrogens with zero attached hydrogens (tertiary/aromatic N) is 1. The summed E-state index contributed by atoms with van der Waals surface area (Å²) in [6.07, 6.45) is 6.36. The van der Waals surface area contributed by atoms with E-state index in [1.165, 1.54) is 32.1 Å².